The van der Waals surface area contributed by atoms with E-state index >= 15 is 0 Å². The molecule has 0 atom stereocenters. The van der Waals surface area contributed by atoms with E-state index in [1.165, 1.54) is 0 Å². The summed E-state index contributed by atoms with van der Waals surface area (Å²) in [6, 6.07) is 3.81. The molecule has 0 bridgehead atoms. The van der Waals surface area contributed by atoms with Crippen molar-refractivity contribution in [3.05, 3.63) is 35.6 Å². The van der Waals surface area contributed by atoms with Gasteiger partial charge >= 0.3 is 0 Å². The lowest BCUT2D eigenvalue weighted by atomic mass is 9.79. The molecule has 4 heterocycles. The van der Waals surface area contributed by atoms with Crippen LogP contribution >= 0.6 is 11.3 Å². The van der Waals surface area contributed by atoms with Crippen molar-refractivity contribution in [2.75, 3.05) is 31.1 Å². The summed E-state index contributed by atoms with van der Waals surface area (Å²) in [7, 11) is 1.92. The molecule has 2 aromatic rings. The molecule has 2 fully saturated rings. The van der Waals surface area contributed by atoms with Gasteiger partial charge in [-0.3, -0.25) is 4.79 Å². The van der Waals surface area contributed by atoms with E-state index in [-0.39, 0.29) is 11.3 Å². The number of hydrogen-bond donors (Lipinski definition) is 0. The van der Waals surface area contributed by atoms with Gasteiger partial charge in [-0.1, -0.05) is 0 Å². The molecule has 1 spiro atoms. The molecule has 0 saturated carbocycles. The number of likely N-dealkylation sites (tertiary alicyclic amines) is 1. The minimum absolute atomic E-state index is 0.154. The lowest BCUT2D eigenvalue weighted by Crippen LogP contribution is -2.59. The van der Waals surface area contributed by atoms with Gasteiger partial charge in [-0.25, -0.2) is 4.98 Å². The second-order valence-corrected chi connectivity index (χ2v) is 7.02. The molecule has 2 aromatic heterocycles. The van der Waals surface area contributed by atoms with Gasteiger partial charge in [-0.2, -0.15) is 0 Å². The summed E-state index contributed by atoms with van der Waals surface area (Å²) in [6.45, 7) is 3.83. The lowest BCUT2D eigenvalue weighted by Gasteiger charge is -2.47. The van der Waals surface area contributed by atoms with Crippen LogP contribution in [0.5, 0.6) is 0 Å². The molecule has 21 heavy (non-hydrogen) atoms. The Bertz CT molecular complexity index is 657. The number of carbonyl (C=O) groups is 1. The first kappa shape index (κ1) is 12.9. The Labute approximate surface area is 127 Å². The number of carbonyl (C=O) groups excluding carboxylic acids is 1. The molecule has 2 aliphatic rings. The molecule has 110 valence electrons. The van der Waals surface area contributed by atoms with Crippen LogP contribution in [0.4, 0.5) is 5.13 Å². The van der Waals surface area contributed by atoms with Gasteiger partial charge in [0.15, 0.2) is 5.13 Å². The number of amides is 1. The lowest BCUT2D eigenvalue weighted by molar-refractivity contribution is 0.0159. The molecule has 5 nitrogen and oxygen atoms in total. The van der Waals surface area contributed by atoms with Crippen LogP contribution in [-0.2, 0) is 7.05 Å². The molecule has 2 aliphatic heterocycles. The maximum Gasteiger partial charge on any atom is 0.270 e. The fourth-order valence-corrected chi connectivity index (χ4v) is 4.15. The van der Waals surface area contributed by atoms with Crippen LogP contribution in [0, 0.1) is 5.41 Å². The quantitative estimate of drug-likeness (QED) is 0.850. The van der Waals surface area contributed by atoms with Gasteiger partial charge in [0, 0.05) is 56.4 Å². The summed E-state index contributed by atoms with van der Waals surface area (Å²) in [5.74, 6) is 0.154. The largest absolute Gasteiger partial charge is 0.347 e. The summed E-state index contributed by atoms with van der Waals surface area (Å²) >= 11 is 1.69. The van der Waals surface area contributed by atoms with E-state index in [0.29, 0.717) is 0 Å². The van der Waals surface area contributed by atoms with Crippen LogP contribution in [0.3, 0.4) is 0 Å². The summed E-state index contributed by atoms with van der Waals surface area (Å²) in [4.78, 5) is 21.2. The topological polar surface area (TPSA) is 41.4 Å². The average molecular weight is 302 g/mol. The average Bonchev–Trinajstić information content (AvgIpc) is 3.15. The Kier molecular flexibility index (Phi) is 2.82. The highest BCUT2D eigenvalue weighted by Gasteiger charge is 2.49. The summed E-state index contributed by atoms with van der Waals surface area (Å²) in [6.07, 6.45) is 4.93. The molecular formula is C15H18N4OS. The molecule has 0 N–H and O–H groups in total. The smallest absolute Gasteiger partial charge is 0.270 e. The first-order valence-electron chi connectivity index (χ1n) is 7.22. The van der Waals surface area contributed by atoms with Crippen molar-refractivity contribution in [1.82, 2.24) is 14.5 Å². The van der Waals surface area contributed by atoms with E-state index in [9.17, 15) is 4.79 Å². The minimum atomic E-state index is 0.154. The Morgan fingerprint density at radius 2 is 2.24 bits per heavy atom. The van der Waals surface area contributed by atoms with Crippen molar-refractivity contribution in [1.29, 1.82) is 0 Å². The van der Waals surface area contributed by atoms with Crippen LogP contribution < -0.4 is 4.90 Å². The molecule has 0 aliphatic carbocycles. The summed E-state index contributed by atoms with van der Waals surface area (Å²) in [5.41, 5.74) is 1.06. The predicted molar refractivity (Wildman–Crippen MR) is 82.7 cm³/mol. The van der Waals surface area contributed by atoms with Crippen LogP contribution in [0.15, 0.2) is 29.9 Å². The van der Waals surface area contributed by atoms with Crippen molar-refractivity contribution in [2.45, 2.75) is 6.42 Å². The van der Waals surface area contributed by atoms with Crippen LogP contribution in [0.1, 0.15) is 16.9 Å². The molecule has 0 aromatic carbocycles. The standard InChI is InChI=1S/C15H18N4OS/c1-17-6-2-3-12(17)13(20)19-10-15(11-19)4-7-18(9-15)14-16-5-8-21-14/h2-3,5-6,8H,4,7,9-11H2,1H3. The van der Waals surface area contributed by atoms with Gasteiger partial charge in [0.25, 0.3) is 5.91 Å². The molecule has 6 heteroatoms. The molecule has 2 saturated heterocycles. The first-order chi connectivity index (χ1) is 10.2. The zero-order valence-electron chi connectivity index (χ0n) is 12.0. The number of anilines is 1. The van der Waals surface area contributed by atoms with Crippen molar-refractivity contribution in [2.24, 2.45) is 12.5 Å². The first-order valence-corrected chi connectivity index (χ1v) is 8.10. The van der Waals surface area contributed by atoms with E-state index in [0.717, 1.165) is 43.4 Å². The number of aromatic nitrogens is 2. The maximum atomic E-state index is 12.4. The number of rotatable bonds is 2. The minimum Gasteiger partial charge on any atom is -0.347 e. The highest BCUT2D eigenvalue weighted by Crippen LogP contribution is 2.41. The maximum absolute atomic E-state index is 12.4. The predicted octanol–water partition coefficient (Wildman–Crippen LogP) is 1.83. The Morgan fingerprint density at radius 3 is 2.90 bits per heavy atom. The Morgan fingerprint density at radius 1 is 1.38 bits per heavy atom. The normalized spacial score (nSPS) is 20.0. The van der Waals surface area contributed by atoms with Gasteiger partial charge in [0.05, 0.1) is 0 Å². The van der Waals surface area contributed by atoms with Crippen LogP contribution in [-0.4, -0.2) is 46.5 Å². The van der Waals surface area contributed by atoms with E-state index in [4.69, 9.17) is 0 Å². The fourth-order valence-electron chi connectivity index (χ4n) is 3.48. The number of hydrogen-bond acceptors (Lipinski definition) is 4. The third-order valence-corrected chi connectivity index (χ3v) is 5.46. The van der Waals surface area contributed by atoms with Crippen molar-refractivity contribution in [3.63, 3.8) is 0 Å². The number of aryl methyl sites for hydroxylation is 1. The van der Waals surface area contributed by atoms with Crippen molar-refractivity contribution in [3.8, 4) is 0 Å². The van der Waals surface area contributed by atoms with Crippen molar-refractivity contribution < 1.29 is 4.79 Å². The molecule has 4 rings (SSSR count). The molecule has 0 radical (unpaired) electrons. The number of nitrogens with zero attached hydrogens (tertiary/aromatic N) is 4. The zero-order chi connectivity index (χ0) is 14.4. The molecule has 1 amide bonds. The number of thiazole rings is 1. The van der Waals surface area contributed by atoms with Gasteiger partial charge in [0.2, 0.25) is 0 Å². The van der Waals surface area contributed by atoms with Crippen LogP contribution in [0.25, 0.3) is 0 Å². The SMILES string of the molecule is Cn1cccc1C(=O)N1CC2(CCN(c3nccs3)C2)C1. The van der Waals surface area contributed by atoms with Gasteiger partial charge < -0.3 is 14.4 Å². The third-order valence-electron chi connectivity index (χ3n) is 4.63. The second kappa shape index (κ2) is 4.59. The summed E-state index contributed by atoms with van der Waals surface area (Å²) < 4.78 is 1.89. The van der Waals surface area contributed by atoms with Gasteiger partial charge in [0.1, 0.15) is 5.69 Å². The molecular weight excluding hydrogens is 284 g/mol. The monoisotopic (exact) mass is 302 g/mol. The third kappa shape index (κ3) is 2.05. The highest BCUT2D eigenvalue weighted by atomic mass is 32.1. The highest BCUT2D eigenvalue weighted by molar-refractivity contribution is 7.13. The second-order valence-electron chi connectivity index (χ2n) is 6.15. The van der Waals surface area contributed by atoms with Gasteiger partial charge in [-0.05, 0) is 18.6 Å². The van der Waals surface area contributed by atoms with Crippen LogP contribution in [0.2, 0.25) is 0 Å². The van der Waals surface area contributed by atoms with E-state index < -0.39 is 0 Å². The zero-order valence-corrected chi connectivity index (χ0v) is 12.8. The summed E-state index contributed by atoms with van der Waals surface area (Å²) in [5, 5.41) is 3.13. The fraction of sp³-hybridized carbons (Fsp3) is 0.467. The Hall–Kier alpha value is -1.82. The van der Waals surface area contributed by atoms with Gasteiger partial charge in [-0.15, -0.1) is 11.3 Å². The van der Waals surface area contributed by atoms with E-state index in [1.54, 1.807) is 11.3 Å². The van der Waals surface area contributed by atoms with E-state index in [2.05, 4.69) is 9.88 Å². The van der Waals surface area contributed by atoms with E-state index in [1.807, 2.05) is 46.4 Å². The molecule has 0 unspecified atom stereocenters. The Balaban J connectivity index is 1.41. The van der Waals surface area contributed by atoms with Crippen molar-refractivity contribution >= 4 is 22.4 Å².